The number of likely N-dealkylation sites (N-methyl/N-ethyl adjacent to an activating group) is 1. The van der Waals surface area contributed by atoms with Crippen LogP contribution in [0.4, 0.5) is 5.00 Å². The molecule has 7 nitrogen and oxygen atoms in total. The summed E-state index contributed by atoms with van der Waals surface area (Å²) in [5, 5.41) is 10.4. The Balaban J connectivity index is 1.52. The number of ether oxygens (including phenoxy) is 1. The molecule has 2 N–H and O–H groups in total. The third-order valence-corrected chi connectivity index (χ3v) is 5.98. The number of piperidine rings is 1. The van der Waals surface area contributed by atoms with Crippen molar-refractivity contribution in [3.8, 4) is 0 Å². The zero-order valence-electron chi connectivity index (χ0n) is 16.3. The molecule has 1 aromatic rings. The molecule has 2 aliphatic rings. The predicted molar refractivity (Wildman–Crippen MR) is 111 cm³/mol. The number of carbonyl (C=O) groups excluding carboxylic acids is 1. The summed E-state index contributed by atoms with van der Waals surface area (Å²) in [5.41, 5.74) is 0. The standard InChI is InChI=1S/C19H31N5O2S/c1-23(2)17(25)14-21-19(20-13-16-5-3-11-26-16)22-15-7-9-24(10-8-15)18-6-4-12-27-18/h4,6,12,15-16H,3,5,7-11,13-14H2,1-2H3,(H2,20,21,22). The normalized spacial score (nSPS) is 21.3. The minimum Gasteiger partial charge on any atom is -0.376 e. The van der Waals surface area contributed by atoms with Crippen LogP contribution in [-0.2, 0) is 9.53 Å². The molecule has 2 fully saturated rings. The highest BCUT2D eigenvalue weighted by Crippen LogP contribution is 2.24. The van der Waals surface area contributed by atoms with E-state index in [0.29, 0.717) is 6.04 Å². The summed E-state index contributed by atoms with van der Waals surface area (Å²) in [6.45, 7) is 3.80. The molecule has 1 amide bonds. The average Bonchev–Trinajstić information content (AvgIpc) is 3.38. The molecule has 27 heavy (non-hydrogen) atoms. The predicted octanol–water partition coefficient (Wildman–Crippen LogP) is 1.52. The molecule has 150 valence electrons. The first-order chi connectivity index (χ1) is 13.1. The molecule has 1 aromatic heterocycles. The van der Waals surface area contributed by atoms with Gasteiger partial charge in [0.2, 0.25) is 5.91 Å². The molecule has 8 heteroatoms. The largest absolute Gasteiger partial charge is 0.376 e. The van der Waals surface area contributed by atoms with Crippen LogP contribution in [0.3, 0.4) is 0 Å². The van der Waals surface area contributed by atoms with E-state index in [2.05, 4.69) is 38.0 Å². The Kier molecular flexibility index (Phi) is 7.34. The van der Waals surface area contributed by atoms with E-state index in [0.717, 1.165) is 57.9 Å². The number of guanidine groups is 1. The van der Waals surface area contributed by atoms with E-state index < -0.39 is 0 Å². The Morgan fingerprint density at radius 2 is 2.19 bits per heavy atom. The van der Waals surface area contributed by atoms with Gasteiger partial charge < -0.3 is 25.2 Å². The van der Waals surface area contributed by atoms with Gasteiger partial charge in [0.15, 0.2) is 5.96 Å². The van der Waals surface area contributed by atoms with Crippen molar-refractivity contribution in [3.05, 3.63) is 17.5 Å². The van der Waals surface area contributed by atoms with Crippen molar-refractivity contribution in [2.45, 2.75) is 37.8 Å². The minimum atomic E-state index is 0.000677. The number of anilines is 1. The van der Waals surface area contributed by atoms with Gasteiger partial charge in [0.05, 0.1) is 11.1 Å². The maximum Gasteiger partial charge on any atom is 0.243 e. The highest BCUT2D eigenvalue weighted by atomic mass is 32.1. The van der Waals surface area contributed by atoms with E-state index >= 15 is 0 Å². The molecule has 3 rings (SSSR count). The summed E-state index contributed by atoms with van der Waals surface area (Å²) in [7, 11) is 3.51. The second kappa shape index (κ2) is 9.94. The van der Waals surface area contributed by atoms with Gasteiger partial charge in [0.25, 0.3) is 0 Å². The summed E-state index contributed by atoms with van der Waals surface area (Å²) >= 11 is 1.79. The molecule has 1 unspecified atom stereocenters. The summed E-state index contributed by atoms with van der Waals surface area (Å²) in [6.07, 6.45) is 4.55. The Labute approximate surface area is 165 Å². The van der Waals surface area contributed by atoms with Crippen LogP contribution in [0.5, 0.6) is 0 Å². The van der Waals surface area contributed by atoms with Crippen LogP contribution in [0.2, 0.25) is 0 Å². The summed E-state index contributed by atoms with van der Waals surface area (Å²) < 4.78 is 5.69. The van der Waals surface area contributed by atoms with E-state index in [1.807, 2.05) is 0 Å². The first-order valence-corrected chi connectivity index (χ1v) is 10.6. The number of rotatable bonds is 6. The van der Waals surface area contributed by atoms with Gasteiger partial charge in [-0.25, -0.2) is 4.99 Å². The first kappa shape index (κ1) is 19.9. The maximum absolute atomic E-state index is 11.9. The smallest absolute Gasteiger partial charge is 0.243 e. The van der Waals surface area contributed by atoms with Crippen LogP contribution in [0.25, 0.3) is 0 Å². The number of nitrogens with zero attached hydrogens (tertiary/aromatic N) is 3. The average molecular weight is 394 g/mol. The van der Waals surface area contributed by atoms with Crippen LogP contribution in [0, 0.1) is 0 Å². The monoisotopic (exact) mass is 393 g/mol. The zero-order chi connectivity index (χ0) is 19.1. The van der Waals surface area contributed by atoms with Crippen LogP contribution in [0.1, 0.15) is 25.7 Å². The van der Waals surface area contributed by atoms with Gasteiger partial charge in [-0.2, -0.15) is 0 Å². The number of aliphatic imine (C=N–C) groups is 1. The van der Waals surface area contributed by atoms with Crippen molar-refractivity contribution >= 4 is 28.2 Å². The number of hydrogen-bond donors (Lipinski definition) is 2. The third-order valence-electron chi connectivity index (χ3n) is 5.05. The topological polar surface area (TPSA) is 69.2 Å². The molecule has 3 heterocycles. The third kappa shape index (κ3) is 6.10. The molecule has 2 aliphatic heterocycles. The lowest BCUT2D eigenvalue weighted by Gasteiger charge is -2.33. The summed E-state index contributed by atoms with van der Waals surface area (Å²) in [5.74, 6) is 0.719. The molecule has 0 aromatic carbocycles. The van der Waals surface area contributed by atoms with E-state index in [1.165, 1.54) is 5.00 Å². The van der Waals surface area contributed by atoms with E-state index in [-0.39, 0.29) is 18.6 Å². The van der Waals surface area contributed by atoms with Crippen molar-refractivity contribution in [1.82, 2.24) is 15.5 Å². The number of carbonyl (C=O) groups is 1. The van der Waals surface area contributed by atoms with Crippen LogP contribution >= 0.6 is 11.3 Å². The molecule has 0 radical (unpaired) electrons. The fourth-order valence-corrected chi connectivity index (χ4v) is 4.13. The molecule has 2 saturated heterocycles. The number of nitrogens with one attached hydrogen (secondary N) is 2. The van der Waals surface area contributed by atoms with Gasteiger partial charge in [0.1, 0.15) is 6.54 Å². The van der Waals surface area contributed by atoms with Crippen molar-refractivity contribution in [2.75, 3.05) is 51.8 Å². The Bertz CT molecular complexity index is 606. The van der Waals surface area contributed by atoms with Gasteiger partial charge in [0, 0.05) is 46.4 Å². The molecular formula is C19H31N5O2S. The number of amides is 1. The highest BCUT2D eigenvalue weighted by molar-refractivity contribution is 7.14. The van der Waals surface area contributed by atoms with E-state index in [9.17, 15) is 4.79 Å². The summed E-state index contributed by atoms with van der Waals surface area (Å²) in [4.78, 5) is 20.4. The molecule has 1 atom stereocenters. The fourth-order valence-electron chi connectivity index (χ4n) is 3.34. The lowest BCUT2D eigenvalue weighted by Crippen LogP contribution is -2.50. The Hall–Kier alpha value is -1.80. The van der Waals surface area contributed by atoms with Gasteiger partial charge in [-0.1, -0.05) is 0 Å². The van der Waals surface area contributed by atoms with Crippen molar-refractivity contribution < 1.29 is 9.53 Å². The lowest BCUT2D eigenvalue weighted by molar-refractivity contribution is -0.127. The lowest BCUT2D eigenvalue weighted by atomic mass is 10.1. The molecule has 0 spiro atoms. The first-order valence-electron chi connectivity index (χ1n) is 9.77. The van der Waals surface area contributed by atoms with Gasteiger partial charge >= 0.3 is 0 Å². The number of hydrogen-bond acceptors (Lipinski definition) is 5. The second-order valence-corrected chi connectivity index (χ2v) is 8.25. The van der Waals surface area contributed by atoms with Crippen molar-refractivity contribution in [3.63, 3.8) is 0 Å². The molecular weight excluding hydrogens is 362 g/mol. The second-order valence-electron chi connectivity index (χ2n) is 7.33. The fraction of sp³-hybridized carbons (Fsp3) is 0.684. The zero-order valence-corrected chi connectivity index (χ0v) is 17.1. The molecule has 0 saturated carbocycles. The Morgan fingerprint density at radius 3 is 2.81 bits per heavy atom. The van der Waals surface area contributed by atoms with Crippen LogP contribution in [0.15, 0.2) is 22.5 Å². The molecule has 0 bridgehead atoms. The van der Waals surface area contributed by atoms with Gasteiger partial charge in [-0.15, -0.1) is 11.3 Å². The minimum absolute atomic E-state index is 0.000677. The van der Waals surface area contributed by atoms with E-state index in [4.69, 9.17) is 4.74 Å². The SMILES string of the molecule is CN(C)C(=O)CN=C(NCC1CCCO1)NC1CCN(c2cccs2)CC1. The van der Waals surface area contributed by atoms with Crippen molar-refractivity contribution in [1.29, 1.82) is 0 Å². The van der Waals surface area contributed by atoms with Gasteiger partial charge in [-0.3, -0.25) is 4.79 Å². The molecule has 0 aliphatic carbocycles. The maximum atomic E-state index is 11.9. The quantitative estimate of drug-likeness (QED) is 0.567. The highest BCUT2D eigenvalue weighted by Gasteiger charge is 2.22. The van der Waals surface area contributed by atoms with Crippen LogP contribution in [-0.4, -0.2) is 75.8 Å². The van der Waals surface area contributed by atoms with Crippen molar-refractivity contribution in [2.24, 2.45) is 4.99 Å². The summed E-state index contributed by atoms with van der Waals surface area (Å²) in [6, 6.07) is 4.65. The van der Waals surface area contributed by atoms with E-state index in [1.54, 1.807) is 30.3 Å². The number of thiophene rings is 1. The Morgan fingerprint density at radius 1 is 1.37 bits per heavy atom. The van der Waals surface area contributed by atoms with Gasteiger partial charge in [-0.05, 0) is 43.2 Å². The van der Waals surface area contributed by atoms with Crippen LogP contribution < -0.4 is 15.5 Å².